The van der Waals surface area contributed by atoms with Crippen molar-refractivity contribution in [2.24, 2.45) is 5.92 Å². The molecule has 0 nitrogen and oxygen atoms in total. The van der Waals surface area contributed by atoms with Gasteiger partial charge in [0.2, 0.25) is 0 Å². The summed E-state index contributed by atoms with van der Waals surface area (Å²) < 4.78 is -1.38. The molecule has 0 aromatic carbocycles. The Hall–Kier alpha value is 1.96. The molecule has 0 aromatic heterocycles. The van der Waals surface area contributed by atoms with E-state index in [2.05, 4.69) is 15.9 Å². The summed E-state index contributed by atoms with van der Waals surface area (Å²) in [6.07, 6.45) is 0.505. The summed E-state index contributed by atoms with van der Waals surface area (Å²) in [5.41, 5.74) is 0. The molecule has 2 bridgehead atoms. The van der Waals surface area contributed by atoms with Crippen LogP contribution in [0, 0.1) is 5.92 Å². The minimum atomic E-state index is -1.38. The summed E-state index contributed by atoms with van der Waals surface area (Å²) in [6, 6.07) is 0. The summed E-state index contributed by atoms with van der Waals surface area (Å²) >= 11 is 40.8. The molecule has 0 saturated heterocycles. The van der Waals surface area contributed by atoms with Crippen molar-refractivity contribution in [1.82, 2.24) is 0 Å². The second kappa shape index (κ2) is 3.73. The van der Waals surface area contributed by atoms with Crippen molar-refractivity contribution < 1.29 is 0 Å². The molecule has 0 heterocycles. The van der Waals surface area contributed by atoms with E-state index in [1.54, 1.807) is 0 Å². The Bertz CT molecular complexity index is 353. The number of halogens is 7. The minimum Gasteiger partial charge on any atom is -0.110 e. The average Bonchev–Trinajstić information content (AvgIpc) is 2.39. The third kappa shape index (κ3) is 1.30. The Morgan fingerprint density at radius 2 is 1.67 bits per heavy atom. The third-order valence-corrected chi connectivity index (χ3v) is 8.20. The largest absolute Gasteiger partial charge is 0.166 e. The van der Waals surface area contributed by atoms with Crippen LogP contribution < -0.4 is 0 Å². The maximum Gasteiger partial charge on any atom is 0.166 e. The monoisotopic (exact) mass is 390 g/mol. The van der Waals surface area contributed by atoms with Crippen LogP contribution in [0.25, 0.3) is 0 Å². The van der Waals surface area contributed by atoms with E-state index >= 15 is 0 Å². The molecule has 0 aromatic rings. The summed E-state index contributed by atoms with van der Waals surface area (Å²) in [4.78, 5) is -2.17. The zero-order chi connectivity index (χ0) is 11.6. The molecule has 7 heteroatoms. The predicted molar refractivity (Wildman–Crippen MR) is 72.2 cm³/mol. The number of allylic oxidation sites excluding steroid dienone is 2. The van der Waals surface area contributed by atoms with Crippen molar-refractivity contribution in [2.45, 2.75) is 20.5 Å². The first-order valence-corrected chi connectivity index (χ1v) is 7.50. The lowest BCUT2D eigenvalue weighted by Crippen LogP contribution is -2.44. The molecule has 3 atom stereocenters. The minimum absolute atomic E-state index is 0.0401. The van der Waals surface area contributed by atoms with Gasteiger partial charge in [0, 0.05) is 5.33 Å². The Balaban J connectivity index is 2.65. The molecule has 2 aliphatic carbocycles. The molecule has 0 amide bonds. The van der Waals surface area contributed by atoms with Crippen molar-refractivity contribution in [1.29, 1.82) is 0 Å². The Labute approximate surface area is 126 Å². The van der Waals surface area contributed by atoms with Gasteiger partial charge in [-0.15, -0.1) is 23.2 Å². The molecule has 2 rings (SSSR count). The second-order valence-corrected chi connectivity index (χ2v) is 7.74. The van der Waals surface area contributed by atoms with Gasteiger partial charge in [-0.1, -0.05) is 62.3 Å². The van der Waals surface area contributed by atoms with E-state index < -0.39 is 14.1 Å². The molecule has 86 valence electrons. The maximum absolute atomic E-state index is 6.44. The Morgan fingerprint density at radius 1 is 1.13 bits per heavy atom. The molecule has 0 unspecified atom stereocenters. The fourth-order valence-corrected chi connectivity index (χ4v) is 5.94. The van der Waals surface area contributed by atoms with Crippen molar-refractivity contribution in [3.05, 3.63) is 10.1 Å². The van der Waals surface area contributed by atoms with Crippen LogP contribution >= 0.6 is 85.5 Å². The van der Waals surface area contributed by atoms with Crippen LogP contribution in [0.1, 0.15) is 6.42 Å². The van der Waals surface area contributed by atoms with Crippen molar-refractivity contribution in [3.63, 3.8) is 0 Å². The van der Waals surface area contributed by atoms with Gasteiger partial charge in [-0.2, -0.15) is 0 Å². The van der Waals surface area contributed by atoms with E-state index in [-0.39, 0.29) is 16.0 Å². The Morgan fingerprint density at radius 3 is 2.00 bits per heavy atom. The van der Waals surface area contributed by atoms with Crippen LogP contribution in [-0.4, -0.2) is 19.4 Å². The molecule has 0 N–H and O–H groups in total. The molecule has 1 fully saturated rings. The van der Waals surface area contributed by atoms with Crippen LogP contribution in [0.15, 0.2) is 10.1 Å². The van der Waals surface area contributed by atoms with Crippen LogP contribution in [0.5, 0.6) is 0 Å². The molecular formula is C8H5BrCl6. The highest BCUT2D eigenvalue weighted by atomic mass is 79.9. The molecule has 0 radical (unpaired) electrons. The molecule has 2 aliphatic rings. The van der Waals surface area contributed by atoms with Crippen LogP contribution in [0.2, 0.25) is 0 Å². The number of hydrogen-bond acceptors (Lipinski definition) is 0. The van der Waals surface area contributed by atoms with E-state index in [0.717, 1.165) is 0 Å². The fourth-order valence-electron chi connectivity index (χ4n) is 2.19. The molecule has 15 heavy (non-hydrogen) atoms. The SMILES string of the molecule is ClC1=C(Cl)[C@@]2(Cl)[C@H](CBr)C[C@]1(Cl)C2(Cl)Cl. The molecule has 0 spiro atoms. The summed E-state index contributed by atoms with van der Waals surface area (Å²) in [5.74, 6) is -0.0401. The highest BCUT2D eigenvalue weighted by Gasteiger charge is 2.77. The molecule has 1 saturated carbocycles. The highest BCUT2D eigenvalue weighted by molar-refractivity contribution is 9.09. The maximum atomic E-state index is 6.44. The first-order valence-electron chi connectivity index (χ1n) is 4.11. The van der Waals surface area contributed by atoms with Crippen LogP contribution in [0.4, 0.5) is 0 Å². The molecular weight excluding hydrogens is 389 g/mol. The van der Waals surface area contributed by atoms with E-state index in [9.17, 15) is 0 Å². The van der Waals surface area contributed by atoms with E-state index in [1.807, 2.05) is 0 Å². The summed E-state index contributed by atoms with van der Waals surface area (Å²) in [5, 5.41) is 1.15. The number of hydrogen-bond donors (Lipinski definition) is 0. The lowest BCUT2D eigenvalue weighted by atomic mass is 9.94. The topological polar surface area (TPSA) is 0 Å². The number of fused-ring (bicyclic) bond motifs is 2. The average molecular weight is 394 g/mol. The molecule has 0 aliphatic heterocycles. The first-order chi connectivity index (χ1) is 6.73. The fraction of sp³-hybridized carbons (Fsp3) is 0.750. The lowest BCUT2D eigenvalue weighted by molar-refractivity contribution is 0.522. The van der Waals surface area contributed by atoms with Crippen LogP contribution in [-0.2, 0) is 0 Å². The number of rotatable bonds is 1. The van der Waals surface area contributed by atoms with Gasteiger partial charge in [0.05, 0.1) is 10.1 Å². The van der Waals surface area contributed by atoms with Crippen molar-refractivity contribution in [2.75, 3.05) is 5.33 Å². The number of alkyl halides is 5. The third-order valence-electron chi connectivity index (χ3n) is 3.09. The van der Waals surface area contributed by atoms with Gasteiger partial charge in [-0.25, -0.2) is 0 Å². The van der Waals surface area contributed by atoms with Gasteiger partial charge >= 0.3 is 0 Å². The lowest BCUT2D eigenvalue weighted by Gasteiger charge is -2.33. The van der Waals surface area contributed by atoms with Gasteiger partial charge in [0.25, 0.3) is 0 Å². The quantitative estimate of drug-likeness (QED) is 0.535. The van der Waals surface area contributed by atoms with Gasteiger partial charge in [0.15, 0.2) is 4.33 Å². The standard InChI is InChI=1S/C8H5BrCl6/c9-2-3-1-6(12)4(10)5(11)7(3,13)8(6,14)15/h3H,1-2H2/t3-,6+,7-/m0/s1. The van der Waals surface area contributed by atoms with Gasteiger partial charge in [0.1, 0.15) is 9.75 Å². The zero-order valence-corrected chi connectivity index (χ0v) is 13.3. The van der Waals surface area contributed by atoms with Gasteiger partial charge in [-0.05, 0) is 12.3 Å². The second-order valence-electron chi connectivity index (χ2n) is 3.77. The summed E-state index contributed by atoms with van der Waals surface area (Å²) in [7, 11) is 0. The van der Waals surface area contributed by atoms with Gasteiger partial charge in [-0.3, -0.25) is 0 Å². The first kappa shape index (κ1) is 13.4. The van der Waals surface area contributed by atoms with Crippen LogP contribution in [0.3, 0.4) is 0 Å². The van der Waals surface area contributed by atoms with E-state index in [0.29, 0.717) is 11.8 Å². The summed E-state index contributed by atoms with van der Waals surface area (Å²) in [6.45, 7) is 0. The van der Waals surface area contributed by atoms with Gasteiger partial charge < -0.3 is 0 Å². The van der Waals surface area contributed by atoms with Crippen molar-refractivity contribution >= 4 is 85.5 Å². The Kier molecular flexibility index (Phi) is 3.33. The van der Waals surface area contributed by atoms with E-state index in [1.165, 1.54) is 0 Å². The predicted octanol–water partition coefficient (Wildman–Crippen LogP) is 5.23. The van der Waals surface area contributed by atoms with E-state index in [4.69, 9.17) is 69.6 Å². The van der Waals surface area contributed by atoms with Crippen molar-refractivity contribution in [3.8, 4) is 0 Å². The zero-order valence-electron chi connectivity index (χ0n) is 7.14. The highest BCUT2D eigenvalue weighted by Crippen LogP contribution is 2.74. The smallest absolute Gasteiger partial charge is 0.110 e. The normalized spacial score (nSPS) is 47.8.